The summed E-state index contributed by atoms with van der Waals surface area (Å²) in [4.78, 5) is 5.81. The maximum Gasteiger partial charge on any atom is 0.193 e. The lowest BCUT2D eigenvalue weighted by Crippen LogP contribution is -2.38. The Morgan fingerprint density at radius 3 is 3.06 bits per heavy atom. The first-order chi connectivity index (χ1) is 8.71. The van der Waals surface area contributed by atoms with Crippen molar-refractivity contribution in [3.63, 3.8) is 0 Å². The van der Waals surface area contributed by atoms with Gasteiger partial charge >= 0.3 is 0 Å². The fourth-order valence-electron chi connectivity index (χ4n) is 2.51. The van der Waals surface area contributed by atoms with Crippen LogP contribution in [0.25, 0.3) is 4.96 Å². The number of rotatable bonds is 6. The zero-order chi connectivity index (χ0) is 12.6. The second-order valence-corrected chi connectivity index (χ2v) is 6.56. The van der Waals surface area contributed by atoms with Gasteiger partial charge in [0.1, 0.15) is 0 Å². The van der Waals surface area contributed by atoms with Crippen molar-refractivity contribution in [3.05, 3.63) is 23.5 Å². The maximum absolute atomic E-state index is 4.70. The highest BCUT2D eigenvalue weighted by Gasteiger charge is 2.44. The van der Waals surface area contributed by atoms with Gasteiger partial charge in [0.25, 0.3) is 0 Å². The Balaban J connectivity index is 1.73. The van der Waals surface area contributed by atoms with Crippen LogP contribution in [0.15, 0.2) is 17.8 Å². The molecule has 0 spiro atoms. The van der Waals surface area contributed by atoms with Crippen molar-refractivity contribution in [2.24, 2.45) is 5.41 Å². The number of nitrogens with one attached hydrogen (secondary N) is 1. The zero-order valence-electron chi connectivity index (χ0n) is 11.1. The minimum Gasteiger partial charge on any atom is -0.313 e. The second-order valence-electron chi connectivity index (χ2n) is 5.69. The molecule has 0 aromatic carbocycles. The van der Waals surface area contributed by atoms with Crippen LogP contribution in [0.4, 0.5) is 0 Å². The fraction of sp³-hybridized carbons (Fsp3) is 0.643. The van der Waals surface area contributed by atoms with E-state index < -0.39 is 0 Å². The monoisotopic (exact) mass is 263 g/mol. The van der Waals surface area contributed by atoms with E-state index in [0.29, 0.717) is 11.5 Å². The molecule has 1 aliphatic carbocycles. The third-order valence-corrected chi connectivity index (χ3v) is 4.85. The summed E-state index contributed by atoms with van der Waals surface area (Å²) in [6.45, 7) is 5.74. The van der Waals surface area contributed by atoms with Crippen molar-refractivity contribution < 1.29 is 0 Å². The van der Waals surface area contributed by atoms with Crippen LogP contribution >= 0.6 is 11.3 Å². The van der Waals surface area contributed by atoms with Crippen molar-refractivity contribution in [3.8, 4) is 0 Å². The zero-order valence-corrected chi connectivity index (χ0v) is 12.0. The van der Waals surface area contributed by atoms with Gasteiger partial charge in [-0.05, 0) is 31.2 Å². The van der Waals surface area contributed by atoms with Crippen LogP contribution in [0.5, 0.6) is 0 Å². The summed E-state index contributed by atoms with van der Waals surface area (Å²) in [5, 5.41) is 5.80. The Kier molecular flexibility index (Phi) is 3.16. The van der Waals surface area contributed by atoms with Gasteiger partial charge in [0.15, 0.2) is 4.96 Å². The van der Waals surface area contributed by atoms with Crippen LogP contribution in [-0.4, -0.2) is 22.0 Å². The number of aromatic nitrogens is 2. The molecule has 1 N–H and O–H groups in total. The van der Waals surface area contributed by atoms with Gasteiger partial charge in [0.2, 0.25) is 0 Å². The van der Waals surface area contributed by atoms with E-state index in [9.17, 15) is 0 Å². The topological polar surface area (TPSA) is 29.3 Å². The molecule has 2 heterocycles. The van der Waals surface area contributed by atoms with E-state index >= 15 is 0 Å². The largest absolute Gasteiger partial charge is 0.313 e. The van der Waals surface area contributed by atoms with Crippen molar-refractivity contribution in [2.75, 3.05) is 6.54 Å². The molecule has 3 rings (SSSR count). The smallest absolute Gasteiger partial charge is 0.193 e. The predicted octanol–water partition coefficient (Wildman–Crippen LogP) is 3.11. The fourth-order valence-corrected chi connectivity index (χ4v) is 3.23. The molecule has 0 aliphatic heterocycles. The third kappa shape index (κ3) is 2.31. The van der Waals surface area contributed by atoms with Crippen LogP contribution in [0.3, 0.4) is 0 Å². The standard InChI is InChI=1S/C14H21N3S/c1-3-6-15-12(14(2)4-5-14)9-11-10-17-7-8-18-13(17)16-11/h7-8,10,12,15H,3-6,9H2,1-2H3. The molecule has 2 aromatic heterocycles. The van der Waals surface area contributed by atoms with Gasteiger partial charge in [-0.1, -0.05) is 13.8 Å². The summed E-state index contributed by atoms with van der Waals surface area (Å²) >= 11 is 1.71. The van der Waals surface area contributed by atoms with E-state index in [1.54, 1.807) is 11.3 Å². The molecule has 0 saturated heterocycles. The van der Waals surface area contributed by atoms with Crippen molar-refractivity contribution in [1.82, 2.24) is 14.7 Å². The number of hydrogen-bond acceptors (Lipinski definition) is 3. The average Bonchev–Trinajstić information content (AvgIpc) is 2.79. The highest BCUT2D eigenvalue weighted by atomic mass is 32.1. The molecule has 98 valence electrons. The predicted molar refractivity (Wildman–Crippen MR) is 76.2 cm³/mol. The van der Waals surface area contributed by atoms with Crippen LogP contribution in [-0.2, 0) is 6.42 Å². The highest BCUT2D eigenvalue weighted by molar-refractivity contribution is 7.15. The highest BCUT2D eigenvalue weighted by Crippen LogP contribution is 2.48. The molecule has 0 amide bonds. The van der Waals surface area contributed by atoms with Crippen LogP contribution in [0.1, 0.15) is 38.8 Å². The van der Waals surface area contributed by atoms with E-state index in [0.717, 1.165) is 17.9 Å². The number of fused-ring (bicyclic) bond motifs is 1. The SMILES string of the molecule is CCCNC(Cc1cn2ccsc2n1)C1(C)CC1. The Morgan fingerprint density at radius 2 is 2.39 bits per heavy atom. The summed E-state index contributed by atoms with van der Waals surface area (Å²) in [5.74, 6) is 0. The molecule has 3 nitrogen and oxygen atoms in total. The molecule has 0 bridgehead atoms. The lowest BCUT2D eigenvalue weighted by molar-refractivity contribution is 0.352. The van der Waals surface area contributed by atoms with Crippen molar-refractivity contribution in [2.45, 2.75) is 45.6 Å². The molecule has 1 unspecified atom stereocenters. The second kappa shape index (κ2) is 4.67. The third-order valence-electron chi connectivity index (χ3n) is 4.08. The van der Waals surface area contributed by atoms with Gasteiger partial charge in [-0.25, -0.2) is 4.98 Å². The number of hydrogen-bond donors (Lipinski definition) is 1. The summed E-state index contributed by atoms with van der Waals surface area (Å²) < 4.78 is 2.13. The van der Waals surface area contributed by atoms with Gasteiger partial charge in [-0.15, -0.1) is 11.3 Å². The Hall–Kier alpha value is -0.870. The first-order valence-electron chi connectivity index (χ1n) is 6.86. The van der Waals surface area contributed by atoms with Crippen LogP contribution in [0.2, 0.25) is 0 Å². The molecule has 0 radical (unpaired) electrons. The van der Waals surface area contributed by atoms with E-state index in [1.165, 1.54) is 25.0 Å². The maximum atomic E-state index is 4.70. The molecule has 1 aliphatic rings. The summed E-state index contributed by atoms with van der Waals surface area (Å²) in [6, 6.07) is 0.585. The molecular weight excluding hydrogens is 242 g/mol. The van der Waals surface area contributed by atoms with Gasteiger partial charge < -0.3 is 5.32 Å². The Bertz CT molecular complexity index is 495. The van der Waals surface area contributed by atoms with Gasteiger partial charge in [-0.2, -0.15) is 0 Å². The molecule has 4 heteroatoms. The number of nitrogens with zero attached hydrogens (tertiary/aromatic N) is 2. The first-order valence-corrected chi connectivity index (χ1v) is 7.74. The molecule has 18 heavy (non-hydrogen) atoms. The van der Waals surface area contributed by atoms with Crippen molar-refractivity contribution in [1.29, 1.82) is 0 Å². The lowest BCUT2D eigenvalue weighted by Gasteiger charge is -2.24. The van der Waals surface area contributed by atoms with E-state index in [-0.39, 0.29) is 0 Å². The van der Waals surface area contributed by atoms with E-state index in [2.05, 4.69) is 41.3 Å². The minimum absolute atomic E-state index is 0.506. The van der Waals surface area contributed by atoms with Gasteiger partial charge in [0, 0.05) is 30.2 Å². The molecule has 1 fully saturated rings. The van der Waals surface area contributed by atoms with E-state index in [4.69, 9.17) is 4.98 Å². The molecule has 1 atom stereocenters. The number of thiazole rings is 1. The van der Waals surface area contributed by atoms with E-state index in [1.807, 2.05) is 0 Å². The van der Waals surface area contributed by atoms with Gasteiger partial charge in [-0.3, -0.25) is 4.40 Å². The molecule has 1 saturated carbocycles. The Morgan fingerprint density at radius 1 is 1.56 bits per heavy atom. The summed E-state index contributed by atoms with van der Waals surface area (Å²) in [7, 11) is 0. The molecular formula is C14H21N3S. The van der Waals surface area contributed by atoms with Crippen LogP contribution < -0.4 is 5.32 Å². The molecule has 2 aromatic rings. The minimum atomic E-state index is 0.506. The summed E-state index contributed by atoms with van der Waals surface area (Å²) in [6.07, 6.45) is 9.24. The van der Waals surface area contributed by atoms with Gasteiger partial charge in [0.05, 0.1) is 5.69 Å². The average molecular weight is 263 g/mol. The lowest BCUT2D eigenvalue weighted by atomic mass is 9.94. The first kappa shape index (κ1) is 12.2. The number of imidazole rings is 1. The Labute approximate surface area is 112 Å². The van der Waals surface area contributed by atoms with Crippen molar-refractivity contribution >= 4 is 16.3 Å². The van der Waals surface area contributed by atoms with Crippen LogP contribution in [0, 0.1) is 5.41 Å². The quantitative estimate of drug-likeness (QED) is 0.867. The normalized spacial score (nSPS) is 19.2. The summed E-state index contributed by atoms with van der Waals surface area (Å²) in [5.41, 5.74) is 1.73.